The molecule has 1 aliphatic rings. The summed E-state index contributed by atoms with van der Waals surface area (Å²) in [6.07, 6.45) is 3.29. The number of aromatic nitrogens is 1. The van der Waals surface area contributed by atoms with Crippen molar-refractivity contribution in [2.45, 2.75) is 25.8 Å². The van der Waals surface area contributed by atoms with E-state index in [0.717, 1.165) is 18.5 Å². The third-order valence-electron chi connectivity index (χ3n) is 4.21. The van der Waals surface area contributed by atoms with Gasteiger partial charge in [0.2, 0.25) is 0 Å². The van der Waals surface area contributed by atoms with Crippen molar-refractivity contribution in [2.24, 2.45) is 0 Å². The van der Waals surface area contributed by atoms with E-state index in [1.54, 1.807) is 18.3 Å². The molecule has 1 atom stereocenters. The van der Waals surface area contributed by atoms with Crippen LogP contribution in [0.3, 0.4) is 0 Å². The number of hydrogen-bond donors (Lipinski definition) is 2. The number of nitrogens with one attached hydrogen (secondary N) is 1. The van der Waals surface area contributed by atoms with Crippen molar-refractivity contribution in [2.75, 3.05) is 23.4 Å². The van der Waals surface area contributed by atoms with Gasteiger partial charge in [-0.15, -0.1) is 0 Å². The summed E-state index contributed by atoms with van der Waals surface area (Å²) in [5, 5.41) is 12.4. The van der Waals surface area contributed by atoms with Crippen molar-refractivity contribution < 1.29 is 9.90 Å². The highest BCUT2D eigenvalue weighted by atomic mass is 16.3. The van der Waals surface area contributed by atoms with Gasteiger partial charge in [-0.1, -0.05) is 25.1 Å². The average molecular weight is 311 g/mol. The van der Waals surface area contributed by atoms with Crippen LogP contribution in [0.5, 0.6) is 0 Å². The number of amides is 1. The van der Waals surface area contributed by atoms with Gasteiger partial charge in [0.15, 0.2) is 0 Å². The topological polar surface area (TPSA) is 65.5 Å². The van der Waals surface area contributed by atoms with Gasteiger partial charge in [0.1, 0.15) is 5.82 Å². The predicted molar refractivity (Wildman–Crippen MR) is 90.8 cm³/mol. The molecule has 0 unspecified atom stereocenters. The van der Waals surface area contributed by atoms with Crippen LogP contribution >= 0.6 is 0 Å². The maximum absolute atomic E-state index is 12.7. The normalized spacial score (nSPS) is 14.4. The first-order chi connectivity index (χ1) is 11.2. The summed E-state index contributed by atoms with van der Waals surface area (Å²) in [6, 6.07) is 11.5. The maximum atomic E-state index is 12.7. The van der Waals surface area contributed by atoms with Gasteiger partial charge in [-0.3, -0.25) is 4.79 Å². The van der Waals surface area contributed by atoms with Crippen LogP contribution in [0.4, 0.5) is 11.5 Å². The van der Waals surface area contributed by atoms with E-state index in [9.17, 15) is 9.90 Å². The van der Waals surface area contributed by atoms with E-state index in [1.807, 2.05) is 30.0 Å². The summed E-state index contributed by atoms with van der Waals surface area (Å²) in [6.45, 7) is 2.76. The molecule has 23 heavy (non-hydrogen) atoms. The molecule has 0 saturated carbocycles. The Morgan fingerprint density at radius 2 is 2.17 bits per heavy atom. The number of carbonyl (C=O) groups excluding carboxylic acids is 1. The van der Waals surface area contributed by atoms with E-state index in [0.29, 0.717) is 17.9 Å². The molecule has 0 saturated heterocycles. The fourth-order valence-corrected chi connectivity index (χ4v) is 2.80. The smallest absolute Gasteiger partial charge is 0.259 e. The molecular weight excluding hydrogens is 290 g/mol. The number of fused-ring (bicyclic) bond motifs is 1. The Kier molecular flexibility index (Phi) is 4.57. The summed E-state index contributed by atoms with van der Waals surface area (Å²) in [5.41, 5.74) is 2.77. The first-order valence-corrected chi connectivity index (χ1v) is 7.96. The Labute approximate surface area is 136 Å². The van der Waals surface area contributed by atoms with Gasteiger partial charge in [0, 0.05) is 18.4 Å². The zero-order valence-electron chi connectivity index (χ0n) is 13.2. The fourth-order valence-electron chi connectivity index (χ4n) is 2.80. The maximum Gasteiger partial charge on any atom is 0.259 e. The van der Waals surface area contributed by atoms with Gasteiger partial charge in [-0.2, -0.15) is 0 Å². The quantitative estimate of drug-likeness (QED) is 0.890. The Morgan fingerprint density at radius 3 is 2.87 bits per heavy atom. The second-order valence-electron chi connectivity index (χ2n) is 5.70. The molecule has 1 aliphatic heterocycles. The average Bonchev–Trinajstić information content (AvgIpc) is 3.03. The van der Waals surface area contributed by atoms with E-state index in [2.05, 4.69) is 16.4 Å². The first-order valence-electron chi connectivity index (χ1n) is 7.96. The molecule has 2 heterocycles. The molecule has 1 amide bonds. The molecule has 2 aromatic rings. The van der Waals surface area contributed by atoms with Crippen molar-refractivity contribution in [3.63, 3.8) is 0 Å². The highest BCUT2D eigenvalue weighted by Gasteiger charge is 2.25. The van der Waals surface area contributed by atoms with Gasteiger partial charge >= 0.3 is 0 Å². The third-order valence-corrected chi connectivity index (χ3v) is 4.21. The van der Waals surface area contributed by atoms with Gasteiger partial charge in [-0.25, -0.2) is 4.98 Å². The Morgan fingerprint density at radius 1 is 1.35 bits per heavy atom. The van der Waals surface area contributed by atoms with Gasteiger partial charge in [-0.05, 0) is 36.6 Å². The molecule has 5 nitrogen and oxygen atoms in total. The standard InChI is InChI=1S/C18H21N3O2/c1-2-15(12-22)20-17-8-7-14(11-19-17)18(23)21-10-9-13-5-3-4-6-16(13)21/h3-8,11,15,22H,2,9-10,12H2,1H3,(H,19,20)/t15-/m1/s1. The summed E-state index contributed by atoms with van der Waals surface area (Å²) in [4.78, 5) is 18.8. The first kappa shape index (κ1) is 15.5. The third kappa shape index (κ3) is 3.19. The van der Waals surface area contributed by atoms with Crippen LogP contribution in [0, 0.1) is 0 Å². The Hall–Kier alpha value is -2.40. The number of aliphatic hydroxyl groups excluding tert-OH is 1. The molecule has 5 heteroatoms. The molecule has 0 spiro atoms. The van der Waals surface area contributed by atoms with Crippen LogP contribution in [-0.2, 0) is 6.42 Å². The lowest BCUT2D eigenvalue weighted by Crippen LogP contribution is -2.29. The van der Waals surface area contributed by atoms with Crippen molar-refractivity contribution in [3.05, 3.63) is 53.7 Å². The van der Waals surface area contributed by atoms with E-state index in [4.69, 9.17) is 0 Å². The molecule has 1 aromatic carbocycles. The number of anilines is 2. The molecule has 0 fully saturated rings. The SMILES string of the molecule is CC[C@H](CO)Nc1ccc(C(=O)N2CCc3ccccc32)cn1. The van der Waals surface area contributed by atoms with Crippen LogP contribution in [0.15, 0.2) is 42.6 Å². The van der Waals surface area contributed by atoms with Crippen molar-refractivity contribution in [1.29, 1.82) is 0 Å². The van der Waals surface area contributed by atoms with Crippen LogP contribution in [-0.4, -0.2) is 35.2 Å². The van der Waals surface area contributed by atoms with Crippen LogP contribution in [0.25, 0.3) is 0 Å². The fraction of sp³-hybridized carbons (Fsp3) is 0.333. The van der Waals surface area contributed by atoms with E-state index in [-0.39, 0.29) is 18.6 Å². The van der Waals surface area contributed by atoms with E-state index >= 15 is 0 Å². The summed E-state index contributed by atoms with van der Waals surface area (Å²) < 4.78 is 0. The van der Waals surface area contributed by atoms with E-state index < -0.39 is 0 Å². The summed E-state index contributed by atoms with van der Waals surface area (Å²) in [7, 11) is 0. The minimum atomic E-state index is -0.0248. The number of para-hydroxylation sites is 1. The molecule has 1 aromatic heterocycles. The highest BCUT2D eigenvalue weighted by molar-refractivity contribution is 6.07. The monoisotopic (exact) mass is 311 g/mol. The number of benzene rings is 1. The van der Waals surface area contributed by atoms with Gasteiger partial charge in [0.25, 0.3) is 5.91 Å². The number of aliphatic hydroxyl groups is 1. The van der Waals surface area contributed by atoms with Gasteiger partial charge in [0.05, 0.1) is 18.2 Å². The molecule has 0 bridgehead atoms. The zero-order chi connectivity index (χ0) is 16.2. The molecule has 0 radical (unpaired) electrons. The lowest BCUT2D eigenvalue weighted by molar-refractivity contribution is 0.0989. The van der Waals surface area contributed by atoms with Crippen LogP contribution in [0.2, 0.25) is 0 Å². The predicted octanol–water partition coefficient (Wildman–Crippen LogP) is 2.47. The summed E-state index contributed by atoms with van der Waals surface area (Å²) in [5.74, 6) is 0.646. The molecule has 3 rings (SSSR count). The number of pyridine rings is 1. The minimum absolute atomic E-state index is 0.0190. The second kappa shape index (κ2) is 6.79. The number of rotatable bonds is 5. The lowest BCUT2D eigenvalue weighted by atomic mass is 10.2. The minimum Gasteiger partial charge on any atom is -0.394 e. The highest BCUT2D eigenvalue weighted by Crippen LogP contribution is 2.28. The number of nitrogens with zero attached hydrogens (tertiary/aromatic N) is 2. The number of carbonyl (C=O) groups is 1. The van der Waals surface area contributed by atoms with Crippen molar-refractivity contribution in [3.8, 4) is 0 Å². The zero-order valence-corrected chi connectivity index (χ0v) is 13.2. The Bertz CT molecular complexity index is 681. The molecular formula is C18H21N3O2. The largest absolute Gasteiger partial charge is 0.394 e. The molecule has 120 valence electrons. The number of hydrogen-bond acceptors (Lipinski definition) is 4. The Balaban J connectivity index is 1.74. The summed E-state index contributed by atoms with van der Waals surface area (Å²) >= 11 is 0. The molecule has 0 aliphatic carbocycles. The van der Waals surface area contributed by atoms with Crippen molar-refractivity contribution >= 4 is 17.4 Å². The van der Waals surface area contributed by atoms with Crippen LogP contribution in [0.1, 0.15) is 29.3 Å². The van der Waals surface area contributed by atoms with Gasteiger partial charge < -0.3 is 15.3 Å². The van der Waals surface area contributed by atoms with Crippen molar-refractivity contribution in [1.82, 2.24) is 4.98 Å². The van der Waals surface area contributed by atoms with E-state index in [1.165, 1.54) is 5.56 Å². The van der Waals surface area contributed by atoms with Crippen LogP contribution < -0.4 is 10.2 Å². The lowest BCUT2D eigenvalue weighted by Gasteiger charge is -2.18. The molecule has 2 N–H and O–H groups in total. The second-order valence-corrected chi connectivity index (χ2v) is 5.70.